The second-order valence-corrected chi connectivity index (χ2v) is 7.28. The molecule has 1 N–H and O–H groups in total. The van der Waals surface area contributed by atoms with Gasteiger partial charge in [0.2, 0.25) is 5.91 Å². The second kappa shape index (κ2) is 8.26. The Morgan fingerprint density at radius 2 is 2.03 bits per heavy atom. The van der Waals surface area contributed by atoms with Crippen LogP contribution >= 0.6 is 0 Å². The van der Waals surface area contributed by atoms with E-state index < -0.39 is 0 Å². The molecule has 1 atom stereocenters. The summed E-state index contributed by atoms with van der Waals surface area (Å²) in [7, 11) is 0. The number of aromatic nitrogens is 3. The average Bonchev–Trinajstić information content (AvgIpc) is 3.21. The van der Waals surface area contributed by atoms with Crippen molar-refractivity contribution in [2.45, 2.75) is 32.5 Å². The van der Waals surface area contributed by atoms with E-state index in [9.17, 15) is 9.59 Å². The lowest BCUT2D eigenvalue weighted by Crippen LogP contribution is -2.43. The molecule has 2 aromatic heterocycles. The predicted molar refractivity (Wildman–Crippen MR) is 108 cm³/mol. The summed E-state index contributed by atoms with van der Waals surface area (Å²) >= 11 is 0. The summed E-state index contributed by atoms with van der Waals surface area (Å²) in [6.07, 6.45) is 3.67. The Kier molecular flexibility index (Phi) is 5.37. The van der Waals surface area contributed by atoms with Crippen LogP contribution in [0.3, 0.4) is 0 Å². The van der Waals surface area contributed by atoms with Gasteiger partial charge in [-0.25, -0.2) is 0 Å². The molecule has 1 aliphatic rings. The van der Waals surface area contributed by atoms with E-state index in [0.717, 1.165) is 17.0 Å². The zero-order valence-corrected chi connectivity index (χ0v) is 16.3. The summed E-state index contributed by atoms with van der Waals surface area (Å²) in [5, 5.41) is 7.28. The van der Waals surface area contributed by atoms with Gasteiger partial charge in [-0.15, -0.1) is 0 Å². The maximum atomic E-state index is 13.0. The average molecular weight is 389 g/mol. The van der Waals surface area contributed by atoms with Gasteiger partial charge in [-0.1, -0.05) is 23.8 Å². The quantitative estimate of drug-likeness (QED) is 0.727. The molecule has 148 valence electrons. The number of hydrogen-bond acceptors (Lipinski definition) is 4. The Morgan fingerprint density at radius 1 is 1.14 bits per heavy atom. The standard InChI is InChI=1S/C22H23N5O2/c1-16-5-4-6-17(11-16)22(29)26-14-19-8-10-25-27(19)20(15-26)12-21(28)24-13-18-7-2-3-9-23-18/h2-11,20H,12-15H2,1H3,(H,24,28)/t20-/m1/s1. The van der Waals surface area contributed by atoms with Gasteiger partial charge in [-0.3, -0.25) is 19.3 Å². The molecule has 0 saturated carbocycles. The normalized spacial score (nSPS) is 15.6. The number of rotatable bonds is 5. The second-order valence-electron chi connectivity index (χ2n) is 7.28. The highest BCUT2D eigenvalue weighted by Gasteiger charge is 2.30. The summed E-state index contributed by atoms with van der Waals surface area (Å²) < 4.78 is 1.86. The molecule has 4 rings (SSSR count). The van der Waals surface area contributed by atoms with Gasteiger partial charge in [0, 0.05) is 24.5 Å². The fourth-order valence-electron chi connectivity index (χ4n) is 3.63. The number of nitrogens with zero attached hydrogens (tertiary/aromatic N) is 4. The Hall–Kier alpha value is -3.48. The molecule has 2 amide bonds. The molecule has 0 fully saturated rings. The maximum Gasteiger partial charge on any atom is 0.254 e. The third-order valence-electron chi connectivity index (χ3n) is 5.05. The van der Waals surface area contributed by atoms with Crippen LogP contribution in [0.25, 0.3) is 0 Å². The summed E-state index contributed by atoms with van der Waals surface area (Å²) in [5.41, 5.74) is 3.44. The van der Waals surface area contributed by atoms with Gasteiger partial charge in [-0.2, -0.15) is 5.10 Å². The van der Waals surface area contributed by atoms with Crippen LogP contribution in [0.5, 0.6) is 0 Å². The first-order valence-electron chi connectivity index (χ1n) is 9.65. The summed E-state index contributed by atoms with van der Waals surface area (Å²) in [4.78, 5) is 31.5. The molecule has 29 heavy (non-hydrogen) atoms. The van der Waals surface area contributed by atoms with Crippen LogP contribution in [0.1, 0.15) is 39.8 Å². The number of amides is 2. The van der Waals surface area contributed by atoms with Crippen molar-refractivity contribution >= 4 is 11.8 Å². The van der Waals surface area contributed by atoms with E-state index >= 15 is 0 Å². The van der Waals surface area contributed by atoms with E-state index in [4.69, 9.17) is 0 Å². The lowest BCUT2D eigenvalue weighted by molar-refractivity contribution is -0.122. The molecule has 7 nitrogen and oxygen atoms in total. The van der Waals surface area contributed by atoms with Crippen LogP contribution < -0.4 is 5.32 Å². The van der Waals surface area contributed by atoms with Crippen molar-refractivity contribution < 1.29 is 9.59 Å². The van der Waals surface area contributed by atoms with E-state index in [1.165, 1.54) is 0 Å². The third kappa shape index (κ3) is 4.34. The Bertz CT molecular complexity index is 1010. The smallest absolute Gasteiger partial charge is 0.254 e. The van der Waals surface area contributed by atoms with E-state index in [0.29, 0.717) is 25.2 Å². The number of aryl methyl sites for hydroxylation is 1. The number of pyridine rings is 1. The fourth-order valence-corrected chi connectivity index (χ4v) is 3.63. The topological polar surface area (TPSA) is 80.1 Å². The Morgan fingerprint density at radius 3 is 2.83 bits per heavy atom. The van der Waals surface area contributed by atoms with Gasteiger partial charge in [-0.05, 0) is 37.3 Å². The van der Waals surface area contributed by atoms with Gasteiger partial charge < -0.3 is 10.2 Å². The molecule has 7 heteroatoms. The first kappa shape index (κ1) is 18.9. The van der Waals surface area contributed by atoms with Crippen molar-refractivity contribution in [3.8, 4) is 0 Å². The van der Waals surface area contributed by atoms with E-state index in [1.807, 2.05) is 60.1 Å². The fraction of sp³-hybridized carbons (Fsp3) is 0.273. The van der Waals surface area contributed by atoms with Crippen LogP contribution in [-0.4, -0.2) is 38.0 Å². The summed E-state index contributed by atoms with van der Waals surface area (Å²) in [6, 6.07) is 14.9. The lowest BCUT2D eigenvalue weighted by Gasteiger charge is -2.33. The van der Waals surface area contributed by atoms with E-state index in [2.05, 4.69) is 15.4 Å². The van der Waals surface area contributed by atoms with Gasteiger partial charge >= 0.3 is 0 Å². The first-order chi connectivity index (χ1) is 14.1. The Balaban J connectivity index is 1.45. The minimum Gasteiger partial charge on any atom is -0.350 e. The van der Waals surface area contributed by atoms with Gasteiger partial charge in [0.25, 0.3) is 5.91 Å². The molecule has 0 spiro atoms. The molecule has 1 aromatic carbocycles. The minimum atomic E-state index is -0.203. The van der Waals surface area contributed by atoms with Crippen LogP contribution in [0.4, 0.5) is 0 Å². The number of nitrogens with one attached hydrogen (secondary N) is 1. The van der Waals surface area contributed by atoms with Gasteiger partial charge in [0.15, 0.2) is 0 Å². The Labute approximate surface area is 169 Å². The molecule has 0 radical (unpaired) electrons. The molecule has 1 aliphatic heterocycles. The molecule has 0 bridgehead atoms. The van der Waals surface area contributed by atoms with Crippen LogP contribution in [0.2, 0.25) is 0 Å². The highest BCUT2D eigenvalue weighted by Crippen LogP contribution is 2.24. The predicted octanol–water partition coefficient (Wildman–Crippen LogP) is 2.49. The van der Waals surface area contributed by atoms with Crippen LogP contribution in [-0.2, 0) is 17.9 Å². The van der Waals surface area contributed by atoms with Crippen molar-refractivity contribution in [3.63, 3.8) is 0 Å². The van der Waals surface area contributed by atoms with Crippen LogP contribution in [0, 0.1) is 6.92 Å². The molecule has 3 aromatic rings. The summed E-state index contributed by atoms with van der Waals surface area (Å²) in [6.45, 7) is 3.28. The lowest BCUT2D eigenvalue weighted by atomic mass is 10.1. The van der Waals surface area contributed by atoms with Crippen molar-refractivity contribution in [1.82, 2.24) is 25.0 Å². The first-order valence-corrected chi connectivity index (χ1v) is 9.65. The van der Waals surface area contributed by atoms with Crippen molar-refractivity contribution in [1.29, 1.82) is 0 Å². The number of hydrogen-bond donors (Lipinski definition) is 1. The zero-order valence-electron chi connectivity index (χ0n) is 16.3. The van der Waals surface area contributed by atoms with Gasteiger partial charge in [0.1, 0.15) is 0 Å². The van der Waals surface area contributed by atoms with Crippen molar-refractivity contribution in [2.24, 2.45) is 0 Å². The maximum absolute atomic E-state index is 13.0. The third-order valence-corrected chi connectivity index (χ3v) is 5.05. The molecule has 0 aliphatic carbocycles. The van der Waals surface area contributed by atoms with E-state index in [-0.39, 0.29) is 24.3 Å². The number of carbonyl (C=O) groups is 2. The molecular formula is C22H23N5O2. The number of carbonyl (C=O) groups excluding carboxylic acids is 2. The molecule has 0 unspecified atom stereocenters. The van der Waals surface area contributed by atoms with E-state index in [1.54, 1.807) is 17.3 Å². The largest absolute Gasteiger partial charge is 0.350 e. The van der Waals surface area contributed by atoms with Crippen molar-refractivity contribution in [2.75, 3.05) is 6.54 Å². The van der Waals surface area contributed by atoms with Gasteiger partial charge in [0.05, 0.1) is 36.9 Å². The molecule has 0 saturated heterocycles. The minimum absolute atomic E-state index is 0.0277. The summed E-state index contributed by atoms with van der Waals surface area (Å²) in [5.74, 6) is -0.119. The van der Waals surface area contributed by atoms with Crippen LogP contribution in [0.15, 0.2) is 60.9 Å². The van der Waals surface area contributed by atoms with Crippen molar-refractivity contribution in [3.05, 3.63) is 83.4 Å². The zero-order chi connectivity index (χ0) is 20.2. The SMILES string of the molecule is Cc1cccc(C(=O)N2Cc3ccnn3[C@H](CC(=O)NCc3ccccn3)C2)c1. The highest BCUT2D eigenvalue weighted by molar-refractivity contribution is 5.94. The molecule has 3 heterocycles. The number of benzene rings is 1. The number of fused-ring (bicyclic) bond motifs is 1. The highest BCUT2D eigenvalue weighted by atomic mass is 16.2. The monoisotopic (exact) mass is 389 g/mol. The molecular weight excluding hydrogens is 366 g/mol.